The van der Waals surface area contributed by atoms with E-state index in [1.54, 1.807) is 12.1 Å². The maximum absolute atomic E-state index is 13.4. The molecule has 0 radical (unpaired) electrons. The SMILES string of the molecule is COc1cc(-n2cnnn2)c(Cl)cc1C(=O)NCc1cc(F)ccc1Br. The Labute approximate surface area is 161 Å². The fraction of sp³-hybridized carbons (Fsp3) is 0.125. The lowest BCUT2D eigenvalue weighted by molar-refractivity contribution is 0.0947. The number of hydrogen-bond acceptors (Lipinski definition) is 5. The van der Waals surface area contributed by atoms with Crippen molar-refractivity contribution in [1.82, 2.24) is 25.5 Å². The number of carbonyl (C=O) groups is 1. The first-order chi connectivity index (χ1) is 12.5. The lowest BCUT2D eigenvalue weighted by Crippen LogP contribution is -2.23. The quantitative estimate of drug-likeness (QED) is 0.659. The summed E-state index contributed by atoms with van der Waals surface area (Å²) in [7, 11) is 1.44. The monoisotopic (exact) mass is 439 g/mol. The molecule has 3 rings (SSSR count). The lowest BCUT2D eigenvalue weighted by Gasteiger charge is -2.13. The zero-order valence-corrected chi connectivity index (χ0v) is 15.8. The molecule has 3 aromatic rings. The molecule has 134 valence electrons. The van der Waals surface area contributed by atoms with E-state index in [1.165, 1.54) is 36.3 Å². The molecule has 0 aliphatic heterocycles. The van der Waals surface area contributed by atoms with Crippen LogP contribution < -0.4 is 10.1 Å². The number of nitrogens with one attached hydrogen (secondary N) is 1. The Morgan fingerprint density at radius 1 is 1.38 bits per heavy atom. The molecule has 0 fully saturated rings. The van der Waals surface area contributed by atoms with E-state index in [4.69, 9.17) is 16.3 Å². The highest BCUT2D eigenvalue weighted by atomic mass is 79.9. The second kappa shape index (κ2) is 7.79. The maximum Gasteiger partial charge on any atom is 0.255 e. The number of carbonyl (C=O) groups excluding carboxylic acids is 1. The summed E-state index contributed by atoms with van der Waals surface area (Å²) >= 11 is 9.57. The van der Waals surface area contributed by atoms with Gasteiger partial charge in [0.15, 0.2) is 0 Å². The van der Waals surface area contributed by atoms with Gasteiger partial charge in [-0.25, -0.2) is 4.39 Å². The van der Waals surface area contributed by atoms with E-state index in [0.717, 1.165) is 0 Å². The van der Waals surface area contributed by atoms with Gasteiger partial charge in [-0.1, -0.05) is 27.5 Å². The summed E-state index contributed by atoms with van der Waals surface area (Å²) in [5.41, 5.74) is 1.31. The molecule has 0 bridgehead atoms. The summed E-state index contributed by atoms with van der Waals surface area (Å²) < 4.78 is 20.7. The van der Waals surface area contributed by atoms with E-state index < -0.39 is 5.91 Å². The van der Waals surface area contributed by atoms with Crippen molar-refractivity contribution < 1.29 is 13.9 Å². The Morgan fingerprint density at radius 3 is 2.88 bits per heavy atom. The average molecular weight is 441 g/mol. The normalized spacial score (nSPS) is 10.6. The van der Waals surface area contributed by atoms with Crippen molar-refractivity contribution in [2.24, 2.45) is 0 Å². The third kappa shape index (κ3) is 3.83. The van der Waals surface area contributed by atoms with Gasteiger partial charge in [0.05, 0.1) is 23.4 Å². The van der Waals surface area contributed by atoms with Crippen LogP contribution >= 0.6 is 27.5 Å². The van der Waals surface area contributed by atoms with Gasteiger partial charge in [0.25, 0.3) is 5.91 Å². The number of nitrogens with zero attached hydrogens (tertiary/aromatic N) is 4. The number of ether oxygens (including phenoxy) is 1. The zero-order chi connectivity index (χ0) is 18.7. The molecule has 10 heteroatoms. The van der Waals surface area contributed by atoms with Crippen LogP contribution in [0.4, 0.5) is 4.39 Å². The highest BCUT2D eigenvalue weighted by Gasteiger charge is 2.17. The standard InChI is InChI=1S/C16H12BrClFN5O2/c1-26-15-6-14(24-8-21-22-23-24)13(18)5-11(15)16(25)20-7-9-4-10(19)2-3-12(9)17/h2-6,8H,7H2,1H3,(H,20,25). The van der Waals surface area contributed by atoms with Crippen molar-refractivity contribution in [3.63, 3.8) is 0 Å². The van der Waals surface area contributed by atoms with Gasteiger partial charge in [-0.2, -0.15) is 4.68 Å². The van der Waals surface area contributed by atoms with E-state index in [1.807, 2.05) is 0 Å². The third-order valence-electron chi connectivity index (χ3n) is 3.56. The highest BCUT2D eigenvalue weighted by molar-refractivity contribution is 9.10. The van der Waals surface area contributed by atoms with Crippen molar-refractivity contribution in [2.45, 2.75) is 6.54 Å². The molecule has 0 aliphatic carbocycles. The van der Waals surface area contributed by atoms with Crippen LogP contribution in [0.15, 0.2) is 41.1 Å². The summed E-state index contributed by atoms with van der Waals surface area (Å²) in [6.45, 7) is 0.132. The molecule has 1 aromatic heterocycles. The first-order valence-corrected chi connectivity index (χ1v) is 8.49. The van der Waals surface area contributed by atoms with Gasteiger partial charge < -0.3 is 10.1 Å². The molecular formula is C16H12BrClFN5O2. The molecule has 0 unspecified atom stereocenters. The Bertz CT molecular complexity index is 952. The van der Waals surface area contributed by atoms with E-state index in [-0.39, 0.29) is 22.9 Å². The zero-order valence-electron chi connectivity index (χ0n) is 13.4. The van der Waals surface area contributed by atoms with E-state index in [0.29, 0.717) is 21.5 Å². The molecule has 0 atom stereocenters. The van der Waals surface area contributed by atoms with Crippen LogP contribution in [0.5, 0.6) is 5.75 Å². The van der Waals surface area contributed by atoms with Gasteiger partial charge in [0, 0.05) is 17.1 Å². The molecule has 7 nitrogen and oxygen atoms in total. The maximum atomic E-state index is 13.4. The Kier molecular flexibility index (Phi) is 5.48. The van der Waals surface area contributed by atoms with Gasteiger partial charge in [0.2, 0.25) is 0 Å². The van der Waals surface area contributed by atoms with Crippen molar-refractivity contribution in [3.8, 4) is 11.4 Å². The fourth-order valence-corrected chi connectivity index (χ4v) is 2.92. The van der Waals surface area contributed by atoms with Crippen molar-refractivity contribution >= 4 is 33.4 Å². The number of halogens is 3. The second-order valence-electron chi connectivity index (χ2n) is 5.18. The van der Waals surface area contributed by atoms with Crippen LogP contribution in [0.2, 0.25) is 5.02 Å². The Balaban J connectivity index is 1.85. The van der Waals surface area contributed by atoms with Gasteiger partial charge in [-0.05, 0) is 40.3 Å². The number of hydrogen-bond donors (Lipinski definition) is 1. The van der Waals surface area contributed by atoms with Crippen molar-refractivity contribution in [3.05, 3.63) is 63.1 Å². The predicted octanol–water partition coefficient (Wildman–Crippen LogP) is 3.16. The molecular weight excluding hydrogens is 429 g/mol. The topological polar surface area (TPSA) is 81.9 Å². The van der Waals surface area contributed by atoms with E-state index in [2.05, 4.69) is 36.8 Å². The first-order valence-electron chi connectivity index (χ1n) is 7.32. The smallest absolute Gasteiger partial charge is 0.255 e. The molecule has 1 heterocycles. The van der Waals surface area contributed by atoms with Crippen LogP contribution in [0.1, 0.15) is 15.9 Å². The summed E-state index contributed by atoms with van der Waals surface area (Å²) in [5.74, 6) is -0.497. The minimum Gasteiger partial charge on any atom is -0.496 e. The number of methoxy groups -OCH3 is 1. The van der Waals surface area contributed by atoms with Gasteiger partial charge >= 0.3 is 0 Å². The molecule has 0 saturated heterocycles. The molecule has 1 N–H and O–H groups in total. The highest BCUT2D eigenvalue weighted by Crippen LogP contribution is 2.29. The number of aromatic nitrogens is 4. The molecule has 0 aliphatic rings. The number of benzene rings is 2. The van der Waals surface area contributed by atoms with Gasteiger partial charge in [0.1, 0.15) is 17.9 Å². The molecule has 0 spiro atoms. The minimum absolute atomic E-state index is 0.132. The summed E-state index contributed by atoms with van der Waals surface area (Å²) in [6, 6.07) is 7.28. The third-order valence-corrected chi connectivity index (χ3v) is 4.63. The van der Waals surface area contributed by atoms with Crippen LogP contribution in [-0.4, -0.2) is 33.2 Å². The number of tetrazole rings is 1. The van der Waals surface area contributed by atoms with Crippen LogP contribution in [-0.2, 0) is 6.54 Å². The largest absolute Gasteiger partial charge is 0.496 e. The van der Waals surface area contributed by atoms with Crippen LogP contribution in [0, 0.1) is 5.82 Å². The molecule has 1 amide bonds. The molecule has 26 heavy (non-hydrogen) atoms. The first kappa shape index (κ1) is 18.3. The summed E-state index contributed by atoms with van der Waals surface area (Å²) in [4.78, 5) is 12.5. The lowest BCUT2D eigenvalue weighted by atomic mass is 10.1. The fourth-order valence-electron chi connectivity index (χ4n) is 2.29. The Morgan fingerprint density at radius 2 is 2.19 bits per heavy atom. The van der Waals surface area contributed by atoms with Crippen molar-refractivity contribution in [2.75, 3.05) is 7.11 Å². The van der Waals surface area contributed by atoms with Crippen molar-refractivity contribution in [1.29, 1.82) is 0 Å². The van der Waals surface area contributed by atoms with Gasteiger partial charge in [-0.15, -0.1) is 5.10 Å². The Hall–Kier alpha value is -2.52. The molecule has 2 aromatic carbocycles. The van der Waals surface area contributed by atoms with Gasteiger partial charge in [-0.3, -0.25) is 4.79 Å². The van der Waals surface area contributed by atoms with E-state index >= 15 is 0 Å². The van der Waals surface area contributed by atoms with Crippen LogP contribution in [0.3, 0.4) is 0 Å². The number of amides is 1. The summed E-state index contributed by atoms with van der Waals surface area (Å²) in [6.07, 6.45) is 1.38. The average Bonchev–Trinajstić information content (AvgIpc) is 3.16. The van der Waals surface area contributed by atoms with E-state index in [9.17, 15) is 9.18 Å². The summed E-state index contributed by atoms with van der Waals surface area (Å²) in [5, 5.41) is 13.9. The van der Waals surface area contributed by atoms with Crippen LogP contribution in [0.25, 0.3) is 5.69 Å². The second-order valence-corrected chi connectivity index (χ2v) is 6.44. The number of rotatable bonds is 5. The minimum atomic E-state index is -0.414. The predicted molar refractivity (Wildman–Crippen MR) is 96.0 cm³/mol. The molecule has 0 saturated carbocycles.